The van der Waals surface area contributed by atoms with Crippen LogP contribution in [0.2, 0.25) is 0 Å². The molecule has 1 aromatic rings. The molecule has 2 rings (SSSR count). The molecule has 0 unspecified atom stereocenters. The Hall–Kier alpha value is -1.38. The number of hydrogen-bond donors (Lipinski definition) is 1. The lowest BCUT2D eigenvalue weighted by Crippen LogP contribution is -2.24. The number of hydrogen-bond acceptors (Lipinski definition) is 1. The van der Waals surface area contributed by atoms with E-state index in [-0.39, 0.29) is 12.2 Å². The second kappa shape index (κ2) is 4.01. The van der Waals surface area contributed by atoms with Crippen LogP contribution in [0.25, 0.3) is 0 Å². The van der Waals surface area contributed by atoms with E-state index in [9.17, 15) is 9.18 Å². The Morgan fingerprint density at radius 3 is 2.47 bits per heavy atom. The number of rotatable bonds is 3. The molecule has 1 saturated carbocycles. The van der Waals surface area contributed by atoms with Crippen molar-refractivity contribution < 1.29 is 14.3 Å². The topological polar surface area (TPSA) is 37.3 Å². The van der Waals surface area contributed by atoms with Gasteiger partial charge >= 0.3 is 5.97 Å². The SMILES string of the molecule is O=C(O)CC1CC(c2ccc(F)cc2)C1. The van der Waals surface area contributed by atoms with Crippen LogP contribution in [0.5, 0.6) is 0 Å². The van der Waals surface area contributed by atoms with Crippen molar-refractivity contribution in [2.45, 2.75) is 25.2 Å². The minimum absolute atomic E-state index is 0.222. The third kappa shape index (κ3) is 2.35. The van der Waals surface area contributed by atoms with E-state index in [1.54, 1.807) is 12.1 Å². The molecule has 1 fully saturated rings. The van der Waals surface area contributed by atoms with Gasteiger partial charge in [0.1, 0.15) is 5.82 Å². The maximum Gasteiger partial charge on any atom is 0.303 e. The molecule has 0 heterocycles. The van der Waals surface area contributed by atoms with Crippen LogP contribution in [0.3, 0.4) is 0 Å². The fourth-order valence-electron chi connectivity index (χ4n) is 2.16. The molecular formula is C12H13FO2. The average Bonchev–Trinajstić information content (AvgIpc) is 2.12. The van der Waals surface area contributed by atoms with Crippen molar-refractivity contribution in [3.8, 4) is 0 Å². The summed E-state index contributed by atoms with van der Waals surface area (Å²) in [6, 6.07) is 6.49. The van der Waals surface area contributed by atoms with Crippen molar-refractivity contribution in [2.24, 2.45) is 5.92 Å². The molecule has 0 bridgehead atoms. The first-order valence-corrected chi connectivity index (χ1v) is 5.12. The molecule has 15 heavy (non-hydrogen) atoms. The predicted molar refractivity (Wildman–Crippen MR) is 54.1 cm³/mol. The minimum Gasteiger partial charge on any atom is -0.481 e. The minimum atomic E-state index is -0.724. The van der Waals surface area contributed by atoms with Gasteiger partial charge < -0.3 is 5.11 Å². The molecule has 1 N–H and O–H groups in total. The van der Waals surface area contributed by atoms with Crippen LogP contribution in [0.1, 0.15) is 30.7 Å². The van der Waals surface area contributed by atoms with Gasteiger partial charge in [-0.25, -0.2) is 4.39 Å². The van der Waals surface area contributed by atoms with Crippen molar-refractivity contribution >= 4 is 5.97 Å². The zero-order valence-electron chi connectivity index (χ0n) is 8.32. The summed E-state index contributed by atoms with van der Waals surface area (Å²) in [5.41, 5.74) is 1.12. The third-order valence-corrected chi connectivity index (χ3v) is 3.04. The number of carboxylic acid groups (broad SMARTS) is 1. The van der Waals surface area contributed by atoms with E-state index in [0.29, 0.717) is 11.8 Å². The molecule has 0 atom stereocenters. The Bertz CT molecular complexity index is 352. The van der Waals surface area contributed by atoms with Crippen LogP contribution >= 0.6 is 0 Å². The summed E-state index contributed by atoms with van der Waals surface area (Å²) in [7, 11) is 0. The highest BCUT2D eigenvalue weighted by Gasteiger charge is 2.31. The fourth-order valence-corrected chi connectivity index (χ4v) is 2.16. The van der Waals surface area contributed by atoms with E-state index >= 15 is 0 Å². The van der Waals surface area contributed by atoms with E-state index in [0.717, 1.165) is 18.4 Å². The highest BCUT2D eigenvalue weighted by molar-refractivity contribution is 5.67. The lowest BCUT2D eigenvalue weighted by molar-refractivity contribution is -0.138. The van der Waals surface area contributed by atoms with Crippen LogP contribution in [-0.2, 0) is 4.79 Å². The van der Waals surface area contributed by atoms with Crippen molar-refractivity contribution in [1.82, 2.24) is 0 Å². The second-order valence-corrected chi connectivity index (χ2v) is 4.18. The Balaban J connectivity index is 1.89. The zero-order valence-corrected chi connectivity index (χ0v) is 8.32. The Labute approximate surface area is 87.7 Å². The van der Waals surface area contributed by atoms with Gasteiger partial charge in [-0.05, 0) is 42.4 Å². The first-order valence-electron chi connectivity index (χ1n) is 5.12. The largest absolute Gasteiger partial charge is 0.481 e. The van der Waals surface area contributed by atoms with Crippen LogP contribution in [-0.4, -0.2) is 11.1 Å². The number of aliphatic carboxylic acids is 1. The molecule has 2 nitrogen and oxygen atoms in total. The summed E-state index contributed by atoms with van der Waals surface area (Å²) in [4.78, 5) is 10.4. The molecule has 0 radical (unpaired) electrons. The van der Waals surface area contributed by atoms with Crippen LogP contribution in [0, 0.1) is 11.7 Å². The Kier molecular flexibility index (Phi) is 2.71. The summed E-state index contributed by atoms with van der Waals surface area (Å²) in [6.45, 7) is 0. The number of halogens is 1. The molecule has 3 heteroatoms. The average molecular weight is 208 g/mol. The van der Waals surface area contributed by atoms with Gasteiger partial charge in [-0.1, -0.05) is 12.1 Å². The van der Waals surface area contributed by atoms with Gasteiger partial charge in [0.25, 0.3) is 0 Å². The van der Waals surface area contributed by atoms with Gasteiger partial charge in [0.2, 0.25) is 0 Å². The standard InChI is InChI=1S/C12H13FO2/c13-11-3-1-9(2-4-11)10-5-8(6-10)7-12(14)15/h1-4,8,10H,5-7H2,(H,14,15). The summed E-state index contributed by atoms with van der Waals surface area (Å²) < 4.78 is 12.6. The monoisotopic (exact) mass is 208 g/mol. The van der Waals surface area contributed by atoms with Crippen molar-refractivity contribution in [3.05, 3.63) is 35.6 Å². The fraction of sp³-hybridized carbons (Fsp3) is 0.417. The smallest absolute Gasteiger partial charge is 0.303 e. The molecule has 0 spiro atoms. The number of benzene rings is 1. The van der Waals surface area contributed by atoms with Crippen LogP contribution in [0.4, 0.5) is 4.39 Å². The van der Waals surface area contributed by atoms with E-state index in [1.165, 1.54) is 12.1 Å². The molecule has 1 aromatic carbocycles. The summed E-state index contributed by atoms with van der Waals surface area (Å²) in [5.74, 6) is -0.217. The summed E-state index contributed by atoms with van der Waals surface area (Å²) in [6.07, 6.45) is 2.09. The Morgan fingerprint density at radius 1 is 1.33 bits per heavy atom. The van der Waals surface area contributed by atoms with Gasteiger partial charge in [-0.3, -0.25) is 4.79 Å². The third-order valence-electron chi connectivity index (χ3n) is 3.04. The molecule has 0 aromatic heterocycles. The number of carbonyl (C=O) groups is 1. The lowest BCUT2D eigenvalue weighted by Gasteiger charge is -2.34. The van der Waals surface area contributed by atoms with Crippen LogP contribution < -0.4 is 0 Å². The van der Waals surface area contributed by atoms with E-state index < -0.39 is 5.97 Å². The number of carboxylic acids is 1. The van der Waals surface area contributed by atoms with Gasteiger partial charge in [-0.2, -0.15) is 0 Å². The highest BCUT2D eigenvalue weighted by Crippen LogP contribution is 2.43. The lowest BCUT2D eigenvalue weighted by atomic mass is 9.70. The van der Waals surface area contributed by atoms with Crippen LogP contribution in [0.15, 0.2) is 24.3 Å². The van der Waals surface area contributed by atoms with E-state index in [1.807, 2.05) is 0 Å². The normalized spacial score (nSPS) is 24.6. The van der Waals surface area contributed by atoms with Crippen molar-refractivity contribution in [2.75, 3.05) is 0 Å². The summed E-state index contributed by atoms with van der Waals surface area (Å²) >= 11 is 0. The Morgan fingerprint density at radius 2 is 1.93 bits per heavy atom. The molecule has 1 aliphatic carbocycles. The van der Waals surface area contributed by atoms with Gasteiger partial charge in [0.05, 0.1) is 0 Å². The second-order valence-electron chi connectivity index (χ2n) is 4.18. The predicted octanol–water partition coefficient (Wildman–Crippen LogP) is 2.79. The molecule has 0 saturated heterocycles. The van der Waals surface area contributed by atoms with E-state index in [4.69, 9.17) is 5.11 Å². The van der Waals surface area contributed by atoms with Gasteiger partial charge in [-0.15, -0.1) is 0 Å². The molecule has 0 aliphatic heterocycles. The molecular weight excluding hydrogens is 195 g/mol. The van der Waals surface area contributed by atoms with Gasteiger partial charge in [0, 0.05) is 6.42 Å². The van der Waals surface area contributed by atoms with Crippen molar-refractivity contribution in [1.29, 1.82) is 0 Å². The van der Waals surface area contributed by atoms with E-state index in [2.05, 4.69) is 0 Å². The maximum absolute atomic E-state index is 12.6. The molecule has 1 aliphatic rings. The summed E-state index contributed by atoms with van der Waals surface area (Å²) in [5, 5.41) is 8.59. The maximum atomic E-state index is 12.6. The zero-order chi connectivity index (χ0) is 10.8. The quantitative estimate of drug-likeness (QED) is 0.829. The molecule has 0 amide bonds. The van der Waals surface area contributed by atoms with Crippen molar-refractivity contribution in [3.63, 3.8) is 0 Å². The molecule has 80 valence electrons. The van der Waals surface area contributed by atoms with Gasteiger partial charge in [0.15, 0.2) is 0 Å². The first-order chi connectivity index (χ1) is 7.15. The first kappa shape index (κ1) is 10.1. The highest BCUT2D eigenvalue weighted by atomic mass is 19.1.